The van der Waals surface area contributed by atoms with Crippen LogP contribution in [-0.2, 0) is 9.53 Å². The number of phenolic OH excluding ortho intramolecular Hbond substituents is 1. The fraction of sp³-hybridized carbons (Fsp3) is 0.250. The summed E-state index contributed by atoms with van der Waals surface area (Å²) in [6, 6.07) is 18.3. The third-order valence-electron chi connectivity index (χ3n) is 5.48. The van der Waals surface area contributed by atoms with E-state index in [0.29, 0.717) is 26.2 Å². The van der Waals surface area contributed by atoms with Crippen LogP contribution in [-0.4, -0.2) is 61.8 Å². The fourth-order valence-corrected chi connectivity index (χ4v) is 3.70. The Bertz CT molecular complexity index is 1090. The van der Waals surface area contributed by atoms with Crippen LogP contribution in [0.2, 0.25) is 0 Å². The Hall–Kier alpha value is -3.74. The number of carbonyl (C=O) groups is 2. The summed E-state index contributed by atoms with van der Waals surface area (Å²) in [4.78, 5) is 28.8. The molecular weight excluding hydrogens is 396 g/mol. The van der Waals surface area contributed by atoms with Crippen molar-refractivity contribution in [2.75, 3.05) is 44.8 Å². The lowest BCUT2D eigenvalue weighted by atomic mass is 10.1. The van der Waals surface area contributed by atoms with Gasteiger partial charge < -0.3 is 24.4 Å². The molecule has 1 aliphatic rings. The number of nitrogens with zero attached hydrogens (tertiary/aromatic N) is 2. The van der Waals surface area contributed by atoms with E-state index in [4.69, 9.17) is 9.47 Å². The number of methoxy groups -OCH3 is 1. The molecule has 0 spiro atoms. The molecular formula is C24H24N2O5. The maximum Gasteiger partial charge on any atom is 0.342 e. The van der Waals surface area contributed by atoms with Gasteiger partial charge in [0.15, 0.2) is 6.61 Å². The molecule has 160 valence electrons. The molecule has 1 aliphatic heterocycles. The van der Waals surface area contributed by atoms with Crippen molar-refractivity contribution < 1.29 is 24.2 Å². The zero-order valence-electron chi connectivity index (χ0n) is 17.3. The van der Waals surface area contributed by atoms with E-state index in [9.17, 15) is 14.7 Å². The van der Waals surface area contributed by atoms with Crippen molar-refractivity contribution in [2.24, 2.45) is 0 Å². The molecule has 7 nitrogen and oxygen atoms in total. The molecule has 1 heterocycles. The number of fused-ring (bicyclic) bond motifs is 1. The maximum absolute atomic E-state index is 12.5. The highest BCUT2D eigenvalue weighted by molar-refractivity contribution is 5.99. The summed E-state index contributed by atoms with van der Waals surface area (Å²) in [7, 11) is 1.63. The number of ether oxygens (including phenoxy) is 2. The lowest BCUT2D eigenvalue weighted by Gasteiger charge is -2.36. The predicted molar refractivity (Wildman–Crippen MR) is 118 cm³/mol. The summed E-state index contributed by atoms with van der Waals surface area (Å²) in [6.45, 7) is 2.12. The number of piperazine rings is 1. The van der Waals surface area contributed by atoms with Crippen LogP contribution in [0.4, 0.5) is 5.69 Å². The third-order valence-corrected chi connectivity index (χ3v) is 5.48. The predicted octanol–water partition coefficient (Wildman–Crippen LogP) is 3.06. The zero-order valence-corrected chi connectivity index (χ0v) is 17.3. The number of hydrogen-bond acceptors (Lipinski definition) is 6. The minimum absolute atomic E-state index is 0.0517. The highest BCUT2D eigenvalue weighted by atomic mass is 16.5. The average molecular weight is 420 g/mol. The van der Waals surface area contributed by atoms with E-state index in [-0.39, 0.29) is 23.8 Å². The first-order valence-electron chi connectivity index (χ1n) is 10.1. The van der Waals surface area contributed by atoms with E-state index in [1.54, 1.807) is 18.1 Å². The second kappa shape index (κ2) is 8.95. The summed E-state index contributed by atoms with van der Waals surface area (Å²) >= 11 is 0. The van der Waals surface area contributed by atoms with Crippen molar-refractivity contribution >= 4 is 28.3 Å². The highest BCUT2D eigenvalue weighted by Crippen LogP contribution is 2.26. The summed E-state index contributed by atoms with van der Waals surface area (Å²) in [5.41, 5.74) is 1.13. The van der Waals surface area contributed by atoms with Crippen molar-refractivity contribution in [3.63, 3.8) is 0 Å². The lowest BCUT2D eigenvalue weighted by molar-refractivity contribution is -0.134. The van der Waals surface area contributed by atoms with Gasteiger partial charge in [0.05, 0.1) is 7.11 Å². The number of anilines is 1. The Morgan fingerprint density at radius 2 is 1.58 bits per heavy atom. The Morgan fingerprint density at radius 3 is 2.23 bits per heavy atom. The number of amides is 1. The Balaban J connectivity index is 1.31. The molecule has 1 saturated heterocycles. The first-order valence-corrected chi connectivity index (χ1v) is 10.1. The Morgan fingerprint density at radius 1 is 0.935 bits per heavy atom. The standard InChI is InChI=1S/C24H24N2O5/c1-30-20-8-6-19(7-9-20)25-10-12-26(13-11-25)23(28)16-31-24(29)21-14-17-4-2-3-5-18(17)15-22(21)27/h2-9,14-15,27H,10-13,16H2,1H3. The SMILES string of the molecule is COc1ccc(N2CCN(C(=O)COC(=O)c3cc4ccccc4cc3O)CC2)cc1. The second-order valence-electron chi connectivity index (χ2n) is 7.36. The van der Waals surface area contributed by atoms with Crippen molar-refractivity contribution in [1.29, 1.82) is 0 Å². The largest absolute Gasteiger partial charge is 0.507 e. The van der Waals surface area contributed by atoms with E-state index >= 15 is 0 Å². The van der Waals surface area contributed by atoms with E-state index in [0.717, 1.165) is 22.2 Å². The van der Waals surface area contributed by atoms with Crippen molar-refractivity contribution in [1.82, 2.24) is 4.90 Å². The molecule has 0 saturated carbocycles. The topological polar surface area (TPSA) is 79.3 Å². The molecule has 31 heavy (non-hydrogen) atoms. The van der Waals surface area contributed by atoms with Gasteiger partial charge in [0.2, 0.25) is 0 Å². The molecule has 1 fully saturated rings. The van der Waals surface area contributed by atoms with E-state index < -0.39 is 5.97 Å². The van der Waals surface area contributed by atoms with Gasteiger partial charge in [-0.05, 0) is 47.2 Å². The molecule has 3 aromatic carbocycles. The normalized spacial score (nSPS) is 13.8. The third kappa shape index (κ3) is 4.55. The first-order chi connectivity index (χ1) is 15.0. The van der Waals surface area contributed by atoms with Gasteiger partial charge in [-0.25, -0.2) is 4.79 Å². The van der Waals surface area contributed by atoms with Crippen LogP contribution in [0.3, 0.4) is 0 Å². The monoisotopic (exact) mass is 420 g/mol. The number of hydrogen-bond donors (Lipinski definition) is 1. The molecule has 4 rings (SSSR count). The van der Waals surface area contributed by atoms with E-state index in [1.165, 1.54) is 6.07 Å². The highest BCUT2D eigenvalue weighted by Gasteiger charge is 2.23. The minimum atomic E-state index is -0.714. The van der Waals surface area contributed by atoms with Gasteiger partial charge in [-0.15, -0.1) is 0 Å². The van der Waals surface area contributed by atoms with Gasteiger partial charge in [-0.2, -0.15) is 0 Å². The van der Waals surface area contributed by atoms with Crippen LogP contribution in [0.15, 0.2) is 60.7 Å². The molecule has 0 aliphatic carbocycles. The van der Waals surface area contributed by atoms with Crippen molar-refractivity contribution in [3.05, 3.63) is 66.2 Å². The molecule has 7 heteroatoms. The summed E-state index contributed by atoms with van der Waals surface area (Å²) in [5.74, 6) is -0.322. The van der Waals surface area contributed by atoms with Crippen LogP contribution >= 0.6 is 0 Å². The average Bonchev–Trinajstić information content (AvgIpc) is 2.82. The zero-order chi connectivity index (χ0) is 21.8. The van der Waals surface area contributed by atoms with Gasteiger partial charge in [-0.1, -0.05) is 24.3 Å². The van der Waals surface area contributed by atoms with Gasteiger partial charge in [0, 0.05) is 31.9 Å². The number of carbonyl (C=O) groups excluding carboxylic acids is 2. The van der Waals surface area contributed by atoms with Crippen LogP contribution in [0.1, 0.15) is 10.4 Å². The minimum Gasteiger partial charge on any atom is -0.507 e. The maximum atomic E-state index is 12.5. The van der Waals surface area contributed by atoms with Gasteiger partial charge in [0.25, 0.3) is 5.91 Å². The molecule has 0 aromatic heterocycles. The summed E-state index contributed by atoms with van der Waals surface area (Å²) < 4.78 is 10.4. The van der Waals surface area contributed by atoms with Crippen LogP contribution in [0, 0.1) is 0 Å². The second-order valence-corrected chi connectivity index (χ2v) is 7.36. The number of esters is 1. The molecule has 0 radical (unpaired) electrons. The molecule has 0 unspecified atom stereocenters. The first kappa shape index (κ1) is 20.5. The smallest absolute Gasteiger partial charge is 0.342 e. The van der Waals surface area contributed by atoms with Crippen LogP contribution in [0.25, 0.3) is 10.8 Å². The number of benzene rings is 3. The number of phenols is 1. The fourth-order valence-electron chi connectivity index (χ4n) is 3.70. The number of aromatic hydroxyl groups is 1. The summed E-state index contributed by atoms with van der Waals surface area (Å²) in [5, 5.41) is 11.8. The van der Waals surface area contributed by atoms with Crippen LogP contribution in [0.5, 0.6) is 11.5 Å². The number of rotatable bonds is 5. The molecule has 0 bridgehead atoms. The lowest BCUT2D eigenvalue weighted by Crippen LogP contribution is -2.49. The van der Waals surface area contributed by atoms with E-state index in [2.05, 4.69) is 4.90 Å². The molecule has 0 atom stereocenters. The van der Waals surface area contributed by atoms with Gasteiger partial charge in [-0.3, -0.25) is 4.79 Å². The molecule has 3 aromatic rings. The van der Waals surface area contributed by atoms with Crippen molar-refractivity contribution in [3.8, 4) is 11.5 Å². The Labute approximate surface area is 180 Å². The summed E-state index contributed by atoms with van der Waals surface area (Å²) in [6.07, 6.45) is 0. The molecule has 1 N–H and O–H groups in total. The van der Waals surface area contributed by atoms with Gasteiger partial charge >= 0.3 is 5.97 Å². The van der Waals surface area contributed by atoms with Crippen molar-refractivity contribution in [2.45, 2.75) is 0 Å². The van der Waals surface area contributed by atoms with Gasteiger partial charge in [0.1, 0.15) is 17.1 Å². The molecule has 1 amide bonds. The van der Waals surface area contributed by atoms with E-state index in [1.807, 2.05) is 48.5 Å². The Kier molecular flexibility index (Phi) is 5.93. The van der Waals surface area contributed by atoms with Crippen LogP contribution < -0.4 is 9.64 Å². The quantitative estimate of drug-likeness (QED) is 0.639.